The minimum absolute atomic E-state index is 0.115. The molecule has 0 aromatic heterocycles. The van der Waals surface area contributed by atoms with Gasteiger partial charge in [0.1, 0.15) is 0 Å². The Morgan fingerprint density at radius 3 is 1.84 bits per heavy atom. The zero-order valence-electron chi connectivity index (χ0n) is 14.3. The van der Waals surface area contributed by atoms with Gasteiger partial charge < -0.3 is 0 Å². The van der Waals surface area contributed by atoms with Crippen LogP contribution in [0.5, 0.6) is 0 Å². The summed E-state index contributed by atoms with van der Waals surface area (Å²) < 4.78 is 0. The standard InChI is InChI=1S/C24H20O/c1-2-20(17-10-4-3-5-11-17)24(25)23-21-14-8-6-12-18(21)16-19-13-7-9-15-22(19)23/h3-16,20H,2H2,1H3. The van der Waals surface area contributed by atoms with Crippen molar-refractivity contribution in [3.63, 3.8) is 0 Å². The Morgan fingerprint density at radius 1 is 0.760 bits per heavy atom. The van der Waals surface area contributed by atoms with Gasteiger partial charge in [-0.15, -0.1) is 0 Å². The highest BCUT2D eigenvalue weighted by Gasteiger charge is 2.23. The number of benzene rings is 4. The zero-order chi connectivity index (χ0) is 17.2. The van der Waals surface area contributed by atoms with E-state index in [-0.39, 0.29) is 11.7 Å². The van der Waals surface area contributed by atoms with Crippen LogP contribution in [0.4, 0.5) is 0 Å². The van der Waals surface area contributed by atoms with E-state index in [0.29, 0.717) is 0 Å². The summed E-state index contributed by atoms with van der Waals surface area (Å²) in [5, 5.41) is 4.32. The lowest BCUT2D eigenvalue weighted by Crippen LogP contribution is -2.13. The lowest BCUT2D eigenvalue weighted by atomic mass is 9.84. The second kappa shape index (κ2) is 6.52. The Balaban J connectivity index is 1.99. The van der Waals surface area contributed by atoms with E-state index in [0.717, 1.165) is 39.1 Å². The van der Waals surface area contributed by atoms with Crippen LogP contribution < -0.4 is 0 Å². The second-order valence-corrected chi connectivity index (χ2v) is 6.43. The van der Waals surface area contributed by atoms with Crippen molar-refractivity contribution in [1.29, 1.82) is 0 Å². The maximum Gasteiger partial charge on any atom is 0.171 e. The number of hydrogen-bond donors (Lipinski definition) is 0. The van der Waals surface area contributed by atoms with E-state index < -0.39 is 0 Å². The van der Waals surface area contributed by atoms with Crippen molar-refractivity contribution in [2.45, 2.75) is 19.3 Å². The van der Waals surface area contributed by atoms with Gasteiger partial charge in [-0.25, -0.2) is 0 Å². The highest BCUT2D eigenvalue weighted by Crippen LogP contribution is 2.33. The van der Waals surface area contributed by atoms with Crippen LogP contribution in [0.1, 0.15) is 35.2 Å². The highest BCUT2D eigenvalue weighted by atomic mass is 16.1. The minimum atomic E-state index is -0.115. The van der Waals surface area contributed by atoms with Crippen molar-refractivity contribution >= 4 is 27.3 Å². The van der Waals surface area contributed by atoms with Crippen LogP contribution in [-0.4, -0.2) is 5.78 Å². The van der Waals surface area contributed by atoms with Crippen molar-refractivity contribution < 1.29 is 4.79 Å². The van der Waals surface area contributed by atoms with Gasteiger partial charge in [-0.3, -0.25) is 4.79 Å². The van der Waals surface area contributed by atoms with Gasteiger partial charge in [0.2, 0.25) is 0 Å². The van der Waals surface area contributed by atoms with Crippen LogP contribution in [0.3, 0.4) is 0 Å². The predicted octanol–water partition coefficient (Wildman–Crippen LogP) is 6.37. The first-order valence-electron chi connectivity index (χ1n) is 8.79. The number of fused-ring (bicyclic) bond motifs is 2. The molecule has 0 saturated heterocycles. The van der Waals surface area contributed by atoms with E-state index in [2.05, 4.69) is 49.4 Å². The molecular formula is C24H20O. The van der Waals surface area contributed by atoms with E-state index in [1.165, 1.54) is 0 Å². The first-order valence-corrected chi connectivity index (χ1v) is 8.79. The summed E-state index contributed by atoms with van der Waals surface area (Å²) in [6.07, 6.45) is 0.792. The Bertz CT molecular complexity index is 993. The molecule has 0 aliphatic rings. The van der Waals surface area contributed by atoms with E-state index in [9.17, 15) is 4.79 Å². The van der Waals surface area contributed by atoms with Crippen molar-refractivity contribution in [3.8, 4) is 0 Å². The molecule has 0 aliphatic carbocycles. The monoisotopic (exact) mass is 324 g/mol. The summed E-state index contributed by atoms with van der Waals surface area (Å²) in [5.41, 5.74) is 1.94. The molecule has 0 radical (unpaired) electrons. The first kappa shape index (κ1) is 15.6. The SMILES string of the molecule is CCC(C(=O)c1c2ccccc2cc2ccccc12)c1ccccc1. The summed E-state index contributed by atoms with van der Waals surface area (Å²) in [4.78, 5) is 13.6. The van der Waals surface area contributed by atoms with Gasteiger partial charge in [-0.05, 0) is 39.6 Å². The van der Waals surface area contributed by atoms with Gasteiger partial charge in [-0.1, -0.05) is 85.8 Å². The van der Waals surface area contributed by atoms with E-state index in [4.69, 9.17) is 0 Å². The van der Waals surface area contributed by atoms with Gasteiger partial charge >= 0.3 is 0 Å². The molecular weight excluding hydrogens is 304 g/mol. The van der Waals surface area contributed by atoms with E-state index in [1.807, 2.05) is 42.5 Å². The fourth-order valence-corrected chi connectivity index (χ4v) is 3.71. The predicted molar refractivity (Wildman–Crippen MR) is 105 cm³/mol. The van der Waals surface area contributed by atoms with Crippen LogP contribution in [0.15, 0.2) is 84.9 Å². The van der Waals surface area contributed by atoms with Gasteiger partial charge in [0.15, 0.2) is 5.78 Å². The molecule has 25 heavy (non-hydrogen) atoms. The number of rotatable bonds is 4. The van der Waals surface area contributed by atoms with Gasteiger partial charge in [0.05, 0.1) is 0 Å². The van der Waals surface area contributed by atoms with Gasteiger partial charge in [-0.2, -0.15) is 0 Å². The zero-order valence-corrected chi connectivity index (χ0v) is 14.3. The molecule has 122 valence electrons. The van der Waals surface area contributed by atoms with Crippen molar-refractivity contribution in [2.75, 3.05) is 0 Å². The average molecular weight is 324 g/mol. The van der Waals surface area contributed by atoms with Crippen molar-refractivity contribution in [3.05, 3.63) is 96.1 Å². The number of carbonyl (C=O) groups excluding carboxylic acids is 1. The third-order valence-electron chi connectivity index (χ3n) is 4.94. The van der Waals surface area contributed by atoms with Crippen LogP contribution in [0.2, 0.25) is 0 Å². The molecule has 0 fully saturated rings. The molecule has 0 N–H and O–H groups in total. The molecule has 0 bridgehead atoms. The molecule has 0 spiro atoms. The third-order valence-corrected chi connectivity index (χ3v) is 4.94. The summed E-state index contributed by atoms with van der Waals surface area (Å²) in [6.45, 7) is 2.09. The molecule has 1 atom stereocenters. The van der Waals surface area contributed by atoms with Crippen LogP contribution in [0.25, 0.3) is 21.5 Å². The smallest absolute Gasteiger partial charge is 0.171 e. The Morgan fingerprint density at radius 2 is 1.28 bits per heavy atom. The summed E-state index contributed by atoms with van der Waals surface area (Å²) in [5.74, 6) is 0.0945. The lowest BCUT2D eigenvalue weighted by molar-refractivity contribution is 0.0960. The normalized spacial score (nSPS) is 12.4. The minimum Gasteiger partial charge on any atom is -0.293 e. The molecule has 4 aromatic carbocycles. The van der Waals surface area contributed by atoms with Crippen LogP contribution in [0, 0.1) is 0 Å². The molecule has 0 amide bonds. The van der Waals surface area contributed by atoms with E-state index in [1.54, 1.807) is 0 Å². The van der Waals surface area contributed by atoms with Gasteiger partial charge in [0, 0.05) is 11.5 Å². The van der Waals surface area contributed by atoms with Crippen molar-refractivity contribution in [1.82, 2.24) is 0 Å². The summed E-state index contributed by atoms with van der Waals surface area (Å²) in [6, 6.07) is 28.7. The highest BCUT2D eigenvalue weighted by molar-refractivity contribution is 6.20. The molecule has 1 nitrogen and oxygen atoms in total. The summed E-state index contributed by atoms with van der Waals surface area (Å²) >= 11 is 0. The fourth-order valence-electron chi connectivity index (χ4n) is 3.71. The van der Waals surface area contributed by atoms with Crippen molar-refractivity contribution in [2.24, 2.45) is 0 Å². The third kappa shape index (κ3) is 2.72. The number of Topliss-reactive ketones (excluding diaryl/α,β-unsaturated/α-hetero) is 1. The average Bonchev–Trinajstić information content (AvgIpc) is 2.67. The largest absolute Gasteiger partial charge is 0.293 e. The maximum atomic E-state index is 13.6. The molecule has 0 saturated carbocycles. The number of hydrogen-bond acceptors (Lipinski definition) is 1. The fraction of sp³-hybridized carbons (Fsp3) is 0.125. The second-order valence-electron chi connectivity index (χ2n) is 6.43. The topological polar surface area (TPSA) is 17.1 Å². The van der Waals surface area contributed by atoms with Crippen LogP contribution in [-0.2, 0) is 0 Å². The maximum absolute atomic E-state index is 13.6. The van der Waals surface area contributed by atoms with E-state index >= 15 is 0 Å². The molecule has 4 rings (SSSR count). The quantitative estimate of drug-likeness (QED) is 0.315. The molecule has 4 aromatic rings. The first-order chi connectivity index (χ1) is 12.3. The molecule has 1 unspecified atom stereocenters. The molecule has 1 heteroatoms. The lowest BCUT2D eigenvalue weighted by Gasteiger charge is -2.18. The Kier molecular flexibility index (Phi) is 4.07. The number of carbonyl (C=O) groups is 1. The Labute approximate surface area is 147 Å². The van der Waals surface area contributed by atoms with Crippen LogP contribution >= 0.6 is 0 Å². The Hall–Kier alpha value is -2.93. The van der Waals surface area contributed by atoms with Gasteiger partial charge in [0.25, 0.3) is 0 Å². The molecule has 0 heterocycles. The summed E-state index contributed by atoms with van der Waals surface area (Å²) in [7, 11) is 0. The number of ketones is 1. The molecule has 0 aliphatic heterocycles.